The van der Waals surface area contributed by atoms with Crippen LogP contribution >= 0.6 is 0 Å². The molecule has 0 spiro atoms. The molecule has 1 atom stereocenters. The number of anilines is 1. The topological polar surface area (TPSA) is 80.2 Å². The second-order valence-electron chi connectivity index (χ2n) is 4.94. The van der Waals surface area contributed by atoms with Gasteiger partial charge in [0, 0.05) is 12.7 Å². The van der Waals surface area contributed by atoms with Crippen molar-refractivity contribution in [1.29, 1.82) is 0 Å². The Morgan fingerprint density at radius 2 is 1.88 bits per heavy atom. The van der Waals surface area contributed by atoms with Crippen LogP contribution in [0.3, 0.4) is 0 Å². The summed E-state index contributed by atoms with van der Waals surface area (Å²) in [6.07, 6.45) is 2.18. The van der Waals surface area contributed by atoms with Gasteiger partial charge in [0.15, 0.2) is 5.65 Å². The third kappa shape index (κ3) is 3.72. The van der Waals surface area contributed by atoms with Crippen molar-refractivity contribution in [3.8, 4) is 5.75 Å². The molecule has 0 saturated heterocycles. The number of aliphatic hydroxyl groups is 1. The van der Waals surface area contributed by atoms with Gasteiger partial charge in [-0.15, -0.1) is 0 Å². The molecule has 0 aliphatic rings. The number of benzene rings is 1. The summed E-state index contributed by atoms with van der Waals surface area (Å²) in [7, 11) is 0. The Morgan fingerprint density at radius 1 is 1.08 bits per heavy atom. The lowest BCUT2D eigenvalue weighted by Crippen LogP contribution is -2.13. The van der Waals surface area contributed by atoms with Crippen LogP contribution in [-0.2, 0) is 0 Å². The smallest absolute Gasteiger partial charge is 0.387 e. The Bertz CT molecular complexity index is 809. The van der Waals surface area contributed by atoms with Gasteiger partial charge in [-0.25, -0.2) is 15.0 Å². The molecule has 0 bridgehead atoms. The van der Waals surface area contributed by atoms with E-state index >= 15 is 0 Å². The second-order valence-corrected chi connectivity index (χ2v) is 4.94. The van der Waals surface area contributed by atoms with E-state index in [-0.39, 0.29) is 12.3 Å². The van der Waals surface area contributed by atoms with Gasteiger partial charge in [-0.1, -0.05) is 12.1 Å². The number of aliphatic hydroxyl groups excluding tert-OH is 1. The molecule has 8 heteroatoms. The molecule has 3 rings (SSSR count). The van der Waals surface area contributed by atoms with E-state index in [1.807, 2.05) is 6.07 Å². The number of halogens is 2. The molecule has 0 aliphatic carbocycles. The summed E-state index contributed by atoms with van der Waals surface area (Å²) in [5.41, 5.74) is 1.12. The number of hydrogen-bond donors (Lipinski definition) is 2. The first kappa shape index (κ1) is 16.0. The number of nitrogens with one attached hydrogen (secondary N) is 1. The molecule has 3 aromatic rings. The number of hydrogen-bond acceptors (Lipinski definition) is 6. The minimum absolute atomic E-state index is 0.0433. The highest BCUT2D eigenvalue weighted by atomic mass is 19.3. The van der Waals surface area contributed by atoms with Crippen molar-refractivity contribution < 1.29 is 18.6 Å². The van der Waals surface area contributed by atoms with Crippen LogP contribution in [0.4, 0.5) is 14.6 Å². The fourth-order valence-corrected chi connectivity index (χ4v) is 2.22. The van der Waals surface area contributed by atoms with E-state index in [1.165, 1.54) is 30.6 Å². The minimum atomic E-state index is -2.87. The highest BCUT2D eigenvalue weighted by molar-refractivity contribution is 5.85. The molecule has 2 aromatic heterocycles. The first-order chi connectivity index (χ1) is 11.6. The van der Waals surface area contributed by atoms with E-state index < -0.39 is 12.7 Å². The van der Waals surface area contributed by atoms with Gasteiger partial charge < -0.3 is 15.2 Å². The molecule has 124 valence electrons. The van der Waals surface area contributed by atoms with Crippen molar-refractivity contribution in [2.45, 2.75) is 12.7 Å². The minimum Gasteiger partial charge on any atom is -0.435 e. The van der Waals surface area contributed by atoms with Crippen molar-refractivity contribution in [3.05, 3.63) is 54.5 Å². The predicted octanol–water partition coefficient (Wildman–Crippen LogP) is 2.77. The molecule has 2 heterocycles. The SMILES string of the molecule is OC(CNc1ncnc2ncccc12)c1ccc(OC(F)F)cc1. The monoisotopic (exact) mass is 332 g/mol. The summed E-state index contributed by atoms with van der Waals surface area (Å²) in [6.45, 7) is -2.68. The quantitative estimate of drug-likeness (QED) is 0.722. The van der Waals surface area contributed by atoms with Crippen molar-refractivity contribution >= 4 is 16.9 Å². The lowest BCUT2D eigenvalue weighted by Gasteiger charge is -2.14. The average Bonchev–Trinajstić information content (AvgIpc) is 2.59. The van der Waals surface area contributed by atoms with Crippen LogP contribution in [-0.4, -0.2) is 33.2 Å². The molecule has 0 aliphatic heterocycles. The molecule has 1 aromatic carbocycles. The molecule has 1 unspecified atom stereocenters. The number of nitrogens with zero attached hydrogens (tertiary/aromatic N) is 3. The van der Waals surface area contributed by atoms with E-state index in [0.29, 0.717) is 17.0 Å². The van der Waals surface area contributed by atoms with Crippen molar-refractivity contribution in [3.63, 3.8) is 0 Å². The van der Waals surface area contributed by atoms with Crippen LogP contribution < -0.4 is 10.1 Å². The van der Waals surface area contributed by atoms with Gasteiger partial charge in [0.2, 0.25) is 0 Å². The van der Waals surface area contributed by atoms with Crippen molar-refractivity contribution in [2.24, 2.45) is 0 Å². The van der Waals surface area contributed by atoms with Crippen LogP contribution in [0.25, 0.3) is 11.0 Å². The second kappa shape index (κ2) is 7.14. The lowest BCUT2D eigenvalue weighted by molar-refractivity contribution is -0.0498. The van der Waals surface area contributed by atoms with Gasteiger partial charge in [0.25, 0.3) is 0 Å². The predicted molar refractivity (Wildman–Crippen MR) is 83.9 cm³/mol. The van der Waals surface area contributed by atoms with Crippen LogP contribution in [0.2, 0.25) is 0 Å². The number of alkyl halides is 2. The zero-order valence-electron chi connectivity index (χ0n) is 12.4. The Hall–Kier alpha value is -2.87. The normalized spacial score (nSPS) is 12.3. The molecule has 0 saturated carbocycles. The number of rotatable bonds is 6. The van der Waals surface area contributed by atoms with E-state index in [4.69, 9.17) is 0 Å². The Morgan fingerprint density at radius 3 is 2.62 bits per heavy atom. The molecule has 0 radical (unpaired) electrons. The van der Waals surface area contributed by atoms with Crippen molar-refractivity contribution in [2.75, 3.05) is 11.9 Å². The largest absolute Gasteiger partial charge is 0.435 e. The van der Waals surface area contributed by atoms with Crippen LogP contribution in [0.15, 0.2) is 48.9 Å². The molecule has 0 fully saturated rings. The van der Waals surface area contributed by atoms with Gasteiger partial charge in [0.1, 0.15) is 17.9 Å². The van der Waals surface area contributed by atoms with Crippen LogP contribution in [0.5, 0.6) is 5.75 Å². The summed E-state index contributed by atoms with van der Waals surface area (Å²) < 4.78 is 28.5. The molecular weight excluding hydrogens is 318 g/mol. The number of ether oxygens (including phenoxy) is 1. The maximum Gasteiger partial charge on any atom is 0.387 e. The first-order valence-electron chi connectivity index (χ1n) is 7.16. The zero-order valence-corrected chi connectivity index (χ0v) is 12.4. The van der Waals surface area contributed by atoms with Crippen molar-refractivity contribution in [1.82, 2.24) is 15.0 Å². The summed E-state index contributed by atoms with van der Waals surface area (Å²) in [4.78, 5) is 12.3. The molecule has 6 nitrogen and oxygen atoms in total. The van der Waals surface area contributed by atoms with E-state index in [9.17, 15) is 13.9 Å². The van der Waals surface area contributed by atoms with Crippen LogP contribution in [0, 0.1) is 0 Å². The number of pyridine rings is 1. The number of fused-ring (bicyclic) bond motifs is 1. The van der Waals surface area contributed by atoms with E-state index in [1.54, 1.807) is 12.3 Å². The molecule has 2 N–H and O–H groups in total. The maximum atomic E-state index is 12.1. The Labute approximate surface area is 136 Å². The fourth-order valence-electron chi connectivity index (χ4n) is 2.22. The maximum absolute atomic E-state index is 12.1. The van der Waals surface area contributed by atoms with Gasteiger partial charge in [0.05, 0.1) is 11.5 Å². The first-order valence-corrected chi connectivity index (χ1v) is 7.16. The zero-order chi connectivity index (χ0) is 16.9. The summed E-state index contributed by atoms with van der Waals surface area (Å²) in [6, 6.07) is 9.43. The van der Waals surface area contributed by atoms with Gasteiger partial charge in [-0.3, -0.25) is 0 Å². The molecule has 24 heavy (non-hydrogen) atoms. The number of aromatic nitrogens is 3. The Balaban J connectivity index is 1.67. The summed E-state index contributed by atoms with van der Waals surface area (Å²) in [5, 5.41) is 14.0. The summed E-state index contributed by atoms with van der Waals surface area (Å²) in [5.74, 6) is 0.603. The lowest BCUT2D eigenvalue weighted by atomic mass is 10.1. The highest BCUT2D eigenvalue weighted by Crippen LogP contribution is 2.21. The van der Waals surface area contributed by atoms with E-state index in [2.05, 4.69) is 25.0 Å². The molecular formula is C16H14F2N4O2. The molecule has 0 amide bonds. The standard InChI is InChI=1S/C16H14F2N4O2/c17-16(18)24-11-5-3-10(4-6-11)13(23)8-20-15-12-2-1-7-19-14(12)21-9-22-15/h1-7,9,13,16,23H,8H2,(H,19,20,21,22). The third-order valence-electron chi connectivity index (χ3n) is 3.36. The van der Waals surface area contributed by atoms with Gasteiger partial charge in [-0.2, -0.15) is 8.78 Å². The van der Waals surface area contributed by atoms with Crippen LogP contribution in [0.1, 0.15) is 11.7 Å². The average molecular weight is 332 g/mol. The third-order valence-corrected chi connectivity index (χ3v) is 3.36. The summed E-state index contributed by atoms with van der Waals surface area (Å²) >= 11 is 0. The van der Waals surface area contributed by atoms with E-state index in [0.717, 1.165) is 5.39 Å². The highest BCUT2D eigenvalue weighted by Gasteiger charge is 2.11. The van der Waals surface area contributed by atoms with Gasteiger partial charge in [-0.05, 0) is 29.8 Å². The Kier molecular flexibility index (Phi) is 4.76. The fraction of sp³-hybridized carbons (Fsp3) is 0.188. The van der Waals surface area contributed by atoms with Gasteiger partial charge >= 0.3 is 6.61 Å².